The molecule has 0 bridgehead atoms. The number of anilines is 2. The zero-order valence-electron chi connectivity index (χ0n) is 22.0. The molecule has 1 aromatic heterocycles. The zero-order valence-corrected chi connectivity index (χ0v) is 22.7. The van der Waals surface area contributed by atoms with Gasteiger partial charge in [0, 0.05) is 74.4 Å². The van der Waals surface area contributed by atoms with E-state index >= 15 is 0 Å². The number of likely N-dealkylation sites (N-methyl/N-ethyl adjacent to an activating group) is 1. The van der Waals surface area contributed by atoms with E-state index in [1.54, 1.807) is 30.6 Å². The molecular formula is C29H35ClN6O2. The molecule has 2 heterocycles. The third kappa shape index (κ3) is 7.77. The molecule has 2 N–H and O–H groups in total. The molecule has 1 saturated heterocycles. The summed E-state index contributed by atoms with van der Waals surface area (Å²) in [6.07, 6.45) is 3.88. The summed E-state index contributed by atoms with van der Waals surface area (Å²) >= 11 is 5.96. The molecule has 2 amide bonds. The second kappa shape index (κ2) is 13.4. The predicted molar refractivity (Wildman–Crippen MR) is 153 cm³/mol. The molecule has 1 fully saturated rings. The maximum Gasteiger partial charge on any atom is 0.255 e. The molecule has 0 radical (unpaired) electrons. The van der Waals surface area contributed by atoms with Crippen LogP contribution in [0.4, 0.5) is 11.4 Å². The molecule has 4 rings (SSSR count). The minimum atomic E-state index is -0.237. The van der Waals surface area contributed by atoms with Gasteiger partial charge in [0.15, 0.2) is 0 Å². The van der Waals surface area contributed by atoms with Crippen molar-refractivity contribution >= 4 is 34.8 Å². The van der Waals surface area contributed by atoms with Gasteiger partial charge in [-0.3, -0.25) is 19.5 Å². The van der Waals surface area contributed by atoms with E-state index in [1.807, 2.05) is 36.4 Å². The van der Waals surface area contributed by atoms with Crippen LogP contribution in [0.2, 0.25) is 5.02 Å². The first-order chi connectivity index (χ1) is 18.4. The van der Waals surface area contributed by atoms with E-state index < -0.39 is 0 Å². The Balaban J connectivity index is 1.46. The van der Waals surface area contributed by atoms with Gasteiger partial charge in [0.05, 0.1) is 11.4 Å². The van der Waals surface area contributed by atoms with Crippen LogP contribution in [0.15, 0.2) is 67.0 Å². The van der Waals surface area contributed by atoms with Crippen molar-refractivity contribution in [2.45, 2.75) is 6.42 Å². The van der Waals surface area contributed by atoms with E-state index in [0.717, 1.165) is 50.5 Å². The average Bonchev–Trinajstić information content (AvgIpc) is 2.93. The lowest BCUT2D eigenvalue weighted by Crippen LogP contribution is -2.48. The fourth-order valence-electron chi connectivity index (χ4n) is 4.38. The van der Waals surface area contributed by atoms with Crippen LogP contribution in [0, 0.1) is 0 Å². The largest absolute Gasteiger partial charge is 0.367 e. The molecule has 8 nitrogen and oxygen atoms in total. The molecule has 0 unspecified atom stereocenters. The van der Waals surface area contributed by atoms with E-state index in [0.29, 0.717) is 34.8 Å². The fraction of sp³-hybridized carbons (Fsp3) is 0.345. The van der Waals surface area contributed by atoms with Crippen LogP contribution in [0.1, 0.15) is 26.3 Å². The Morgan fingerprint density at radius 2 is 1.63 bits per heavy atom. The number of halogens is 1. The van der Waals surface area contributed by atoms with Gasteiger partial charge in [-0.1, -0.05) is 23.7 Å². The highest BCUT2D eigenvalue weighted by Gasteiger charge is 2.21. The third-order valence-corrected chi connectivity index (χ3v) is 6.89. The van der Waals surface area contributed by atoms with Crippen LogP contribution in [-0.4, -0.2) is 86.5 Å². The molecular weight excluding hydrogens is 500 g/mol. The maximum absolute atomic E-state index is 13.0. The van der Waals surface area contributed by atoms with Crippen LogP contribution >= 0.6 is 11.6 Å². The highest BCUT2D eigenvalue weighted by Crippen LogP contribution is 2.29. The SMILES string of the molecule is CN(C)CCN1CCN(c2ccc(C(=O)NCCc3ccc(Cl)cc3)cc2NC(=O)c2ccncc2)CC1. The molecule has 0 atom stereocenters. The Labute approximate surface area is 229 Å². The number of hydrogen-bond donors (Lipinski definition) is 2. The van der Waals surface area contributed by atoms with Crippen molar-refractivity contribution in [3.63, 3.8) is 0 Å². The smallest absolute Gasteiger partial charge is 0.255 e. The van der Waals surface area contributed by atoms with Gasteiger partial charge in [0.25, 0.3) is 11.8 Å². The molecule has 1 aliphatic heterocycles. The molecule has 1 aliphatic rings. The molecule has 0 aliphatic carbocycles. The molecule has 0 saturated carbocycles. The lowest BCUT2D eigenvalue weighted by Gasteiger charge is -2.37. The van der Waals surface area contributed by atoms with Gasteiger partial charge in [-0.2, -0.15) is 0 Å². The van der Waals surface area contributed by atoms with Gasteiger partial charge >= 0.3 is 0 Å². The van der Waals surface area contributed by atoms with Gasteiger partial charge in [0.1, 0.15) is 0 Å². The Morgan fingerprint density at radius 1 is 0.921 bits per heavy atom. The first-order valence-corrected chi connectivity index (χ1v) is 13.3. The molecule has 2 aromatic carbocycles. The minimum absolute atomic E-state index is 0.182. The van der Waals surface area contributed by atoms with Crippen LogP contribution in [-0.2, 0) is 6.42 Å². The first kappa shape index (κ1) is 27.6. The fourth-order valence-corrected chi connectivity index (χ4v) is 4.50. The summed E-state index contributed by atoms with van der Waals surface area (Å²) < 4.78 is 0. The van der Waals surface area contributed by atoms with Gasteiger partial charge < -0.3 is 20.4 Å². The number of hydrogen-bond acceptors (Lipinski definition) is 6. The summed E-state index contributed by atoms with van der Waals surface area (Å²) in [5.41, 5.74) is 3.65. The number of pyridine rings is 1. The molecule has 38 heavy (non-hydrogen) atoms. The van der Waals surface area contributed by atoms with Crippen molar-refractivity contribution in [2.24, 2.45) is 0 Å². The van der Waals surface area contributed by atoms with Crippen molar-refractivity contribution in [3.05, 3.63) is 88.7 Å². The monoisotopic (exact) mass is 534 g/mol. The van der Waals surface area contributed by atoms with Crippen molar-refractivity contribution in [2.75, 3.05) is 70.1 Å². The predicted octanol–water partition coefficient (Wildman–Crippen LogP) is 3.64. The Morgan fingerprint density at radius 3 is 2.32 bits per heavy atom. The average molecular weight is 535 g/mol. The summed E-state index contributed by atoms with van der Waals surface area (Å²) in [4.78, 5) is 36.9. The lowest BCUT2D eigenvalue weighted by atomic mass is 10.1. The number of aromatic nitrogens is 1. The molecule has 3 aromatic rings. The van der Waals surface area contributed by atoms with E-state index in [1.165, 1.54) is 0 Å². The number of rotatable bonds is 10. The van der Waals surface area contributed by atoms with Gasteiger partial charge in [0.2, 0.25) is 0 Å². The van der Waals surface area contributed by atoms with E-state index in [4.69, 9.17) is 11.6 Å². The normalized spacial score (nSPS) is 13.9. The number of carbonyl (C=O) groups is 2. The number of nitrogens with zero attached hydrogens (tertiary/aromatic N) is 4. The Bertz CT molecular complexity index is 1210. The van der Waals surface area contributed by atoms with E-state index in [9.17, 15) is 9.59 Å². The van der Waals surface area contributed by atoms with E-state index in [2.05, 4.69) is 44.4 Å². The van der Waals surface area contributed by atoms with Crippen molar-refractivity contribution in [3.8, 4) is 0 Å². The summed E-state index contributed by atoms with van der Waals surface area (Å²) in [7, 11) is 4.17. The van der Waals surface area contributed by atoms with Gasteiger partial charge in [-0.15, -0.1) is 0 Å². The number of nitrogens with one attached hydrogen (secondary N) is 2. The van der Waals surface area contributed by atoms with Gasteiger partial charge in [-0.05, 0) is 68.5 Å². The summed E-state index contributed by atoms with van der Waals surface area (Å²) in [6, 6.07) is 16.5. The van der Waals surface area contributed by atoms with Gasteiger partial charge in [-0.25, -0.2) is 0 Å². The van der Waals surface area contributed by atoms with E-state index in [-0.39, 0.29) is 11.8 Å². The number of benzene rings is 2. The van der Waals surface area contributed by atoms with Crippen LogP contribution in [0.5, 0.6) is 0 Å². The van der Waals surface area contributed by atoms with Crippen LogP contribution in [0.25, 0.3) is 0 Å². The molecule has 200 valence electrons. The first-order valence-electron chi connectivity index (χ1n) is 12.9. The van der Waals surface area contributed by atoms with Crippen molar-refractivity contribution in [1.29, 1.82) is 0 Å². The second-order valence-corrected chi connectivity index (χ2v) is 10.1. The summed E-state index contributed by atoms with van der Waals surface area (Å²) in [6.45, 7) is 6.12. The highest BCUT2D eigenvalue weighted by atomic mass is 35.5. The molecule has 0 spiro atoms. The summed E-state index contributed by atoms with van der Waals surface area (Å²) in [5.74, 6) is -0.419. The second-order valence-electron chi connectivity index (χ2n) is 9.69. The quantitative estimate of drug-likeness (QED) is 0.413. The minimum Gasteiger partial charge on any atom is -0.367 e. The Hall–Kier alpha value is -3.46. The maximum atomic E-state index is 13.0. The third-order valence-electron chi connectivity index (χ3n) is 6.64. The number of piperazine rings is 1. The van der Waals surface area contributed by atoms with Crippen molar-refractivity contribution < 1.29 is 9.59 Å². The number of amides is 2. The number of carbonyl (C=O) groups excluding carboxylic acids is 2. The zero-order chi connectivity index (χ0) is 26.9. The Kier molecular flexibility index (Phi) is 9.70. The summed E-state index contributed by atoms with van der Waals surface area (Å²) in [5, 5.41) is 6.71. The van der Waals surface area contributed by atoms with Crippen molar-refractivity contribution in [1.82, 2.24) is 20.1 Å². The van der Waals surface area contributed by atoms with Crippen LogP contribution < -0.4 is 15.5 Å². The topological polar surface area (TPSA) is 80.8 Å². The standard InChI is InChI=1S/C29H35ClN6O2/c1-34(2)15-16-35-17-19-36(20-18-35)27-8-5-24(21-26(27)33-29(38)23-10-12-31-13-11-23)28(37)32-14-9-22-3-6-25(30)7-4-22/h3-8,10-13,21H,9,14-20H2,1-2H3,(H,32,37)(H,33,38). The molecule has 9 heteroatoms. The highest BCUT2D eigenvalue weighted by molar-refractivity contribution is 6.30. The lowest BCUT2D eigenvalue weighted by molar-refractivity contribution is 0.0952. The van der Waals surface area contributed by atoms with Crippen LogP contribution in [0.3, 0.4) is 0 Å².